The highest BCUT2D eigenvalue weighted by atomic mass is 19.4. The van der Waals surface area contributed by atoms with E-state index < -0.39 is 11.7 Å². The molecule has 0 unspecified atom stereocenters. The molecule has 2 nitrogen and oxygen atoms in total. The summed E-state index contributed by atoms with van der Waals surface area (Å²) < 4.78 is 43.6. The Kier molecular flexibility index (Phi) is 4.40. The van der Waals surface area contributed by atoms with Crippen LogP contribution in [-0.2, 0) is 12.7 Å². The third kappa shape index (κ3) is 3.90. The van der Waals surface area contributed by atoms with E-state index in [-0.39, 0.29) is 5.56 Å². The number of anilines is 1. The molecule has 2 aromatic carbocycles. The van der Waals surface area contributed by atoms with Crippen LogP contribution in [-0.4, -0.2) is 7.11 Å². The van der Waals surface area contributed by atoms with E-state index >= 15 is 0 Å². The normalized spacial score (nSPS) is 11.3. The topological polar surface area (TPSA) is 21.3 Å². The second-order valence-corrected chi connectivity index (χ2v) is 4.73. The van der Waals surface area contributed by atoms with Crippen molar-refractivity contribution in [2.75, 3.05) is 12.4 Å². The number of alkyl halides is 3. The standard InChI is InChI=1S/C16H16F3NO/c1-11-3-6-13(9-15(11)16(17,18)19)20-10-12-4-7-14(21-2)8-5-12/h3-9,20H,10H2,1-2H3. The first-order valence-electron chi connectivity index (χ1n) is 6.45. The van der Waals surface area contributed by atoms with Gasteiger partial charge in [0.1, 0.15) is 5.75 Å². The largest absolute Gasteiger partial charge is 0.497 e. The Labute approximate surface area is 121 Å². The van der Waals surface area contributed by atoms with Crippen molar-refractivity contribution in [1.82, 2.24) is 0 Å². The summed E-state index contributed by atoms with van der Waals surface area (Å²) in [5, 5.41) is 3.00. The van der Waals surface area contributed by atoms with Crippen LogP contribution in [0, 0.1) is 6.92 Å². The highest BCUT2D eigenvalue weighted by Crippen LogP contribution is 2.33. The molecule has 0 amide bonds. The Morgan fingerprint density at radius 2 is 1.71 bits per heavy atom. The second-order valence-electron chi connectivity index (χ2n) is 4.73. The number of methoxy groups -OCH3 is 1. The van der Waals surface area contributed by atoms with Gasteiger partial charge in [-0.15, -0.1) is 0 Å². The van der Waals surface area contributed by atoms with Gasteiger partial charge in [0.25, 0.3) is 0 Å². The molecule has 0 saturated heterocycles. The SMILES string of the molecule is COc1ccc(CNc2ccc(C)c(C(F)(F)F)c2)cc1. The Morgan fingerprint density at radius 1 is 1.05 bits per heavy atom. The van der Waals surface area contributed by atoms with E-state index in [2.05, 4.69) is 5.32 Å². The molecule has 0 aliphatic heterocycles. The molecular weight excluding hydrogens is 279 g/mol. The summed E-state index contributed by atoms with van der Waals surface area (Å²) in [6, 6.07) is 11.6. The van der Waals surface area contributed by atoms with Crippen LogP contribution in [0.25, 0.3) is 0 Å². The molecule has 0 aromatic heterocycles. The van der Waals surface area contributed by atoms with Crippen molar-refractivity contribution in [3.8, 4) is 5.75 Å². The highest BCUT2D eigenvalue weighted by molar-refractivity contribution is 5.49. The second kappa shape index (κ2) is 6.08. The predicted molar refractivity (Wildman–Crippen MR) is 76.5 cm³/mol. The number of hydrogen-bond donors (Lipinski definition) is 1. The Bertz CT molecular complexity index is 606. The molecule has 0 bridgehead atoms. The molecule has 0 atom stereocenters. The number of benzene rings is 2. The molecule has 0 radical (unpaired) electrons. The zero-order chi connectivity index (χ0) is 15.5. The predicted octanol–water partition coefficient (Wildman–Crippen LogP) is 4.63. The number of nitrogens with one attached hydrogen (secondary N) is 1. The summed E-state index contributed by atoms with van der Waals surface area (Å²) in [6.07, 6.45) is -4.33. The van der Waals surface area contributed by atoms with Gasteiger partial charge in [-0.1, -0.05) is 18.2 Å². The smallest absolute Gasteiger partial charge is 0.416 e. The summed E-state index contributed by atoms with van der Waals surface area (Å²) in [7, 11) is 1.58. The minimum atomic E-state index is -4.33. The summed E-state index contributed by atoms with van der Waals surface area (Å²) >= 11 is 0. The number of hydrogen-bond acceptors (Lipinski definition) is 2. The van der Waals surface area contributed by atoms with Crippen LogP contribution in [0.4, 0.5) is 18.9 Å². The average molecular weight is 295 g/mol. The number of aryl methyl sites for hydroxylation is 1. The van der Waals surface area contributed by atoms with Gasteiger partial charge in [0, 0.05) is 12.2 Å². The fourth-order valence-corrected chi connectivity index (χ4v) is 1.98. The van der Waals surface area contributed by atoms with Gasteiger partial charge in [-0.25, -0.2) is 0 Å². The molecule has 2 rings (SSSR count). The van der Waals surface area contributed by atoms with Gasteiger partial charge in [-0.05, 0) is 42.3 Å². The van der Waals surface area contributed by atoms with Gasteiger partial charge in [-0.3, -0.25) is 0 Å². The van der Waals surface area contributed by atoms with Crippen molar-refractivity contribution >= 4 is 5.69 Å². The monoisotopic (exact) mass is 295 g/mol. The van der Waals surface area contributed by atoms with E-state index in [1.54, 1.807) is 13.2 Å². The summed E-state index contributed by atoms with van der Waals surface area (Å²) in [4.78, 5) is 0. The lowest BCUT2D eigenvalue weighted by molar-refractivity contribution is -0.138. The Morgan fingerprint density at radius 3 is 2.29 bits per heavy atom. The van der Waals surface area contributed by atoms with Gasteiger partial charge in [0.15, 0.2) is 0 Å². The lowest BCUT2D eigenvalue weighted by Gasteiger charge is -2.13. The van der Waals surface area contributed by atoms with E-state index in [1.165, 1.54) is 13.0 Å². The lowest BCUT2D eigenvalue weighted by atomic mass is 10.1. The maximum absolute atomic E-state index is 12.8. The summed E-state index contributed by atoms with van der Waals surface area (Å²) in [5.41, 5.74) is 1.02. The van der Waals surface area contributed by atoms with Crippen LogP contribution in [0.5, 0.6) is 5.75 Å². The van der Waals surface area contributed by atoms with Crippen LogP contribution < -0.4 is 10.1 Å². The molecule has 21 heavy (non-hydrogen) atoms. The Hall–Kier alpha value is -2.17. The van der Waals surface area contributed by atoms with Gasteiger partial charge in [-0.2, -0.15) is 13.2 Å². The van der Waals surface area contributed by atoms with E-state index in [4.69, 9.17) is 4.74 Å². The molecule has 0 saturated carbocycles. The number of halogens is 3. The first-order valence-corrected chi connectivity index (χ1v) is 6.45. The maximum Gasteiger partial charge on any atom is 0.416 e. The Balaban J connectivity index is 2.09. The van der Waals surface area contributed by atoms with Gasteiger partial charge in [0.2, 0.25) is 0 Å². The van der Waals surface area contributed by atoms with Gasteiger partial charge < -0.3 is 10.1 Å². The summed E-state index contributed by atoms with van der Waals surface area (Å²) in [6.45, 7) is 1.90. The van der Waals surface area contributed by atoms with Crippen LogP contribution in [0.1, 0.15) is 16.7 Å². The van der Waals surface area contributed by atoms with Gasteiger partial charge in [0.05, 0.1) is 12.7 Å². The van der Waals surface area contributed by atoms with Crippen molar-refractivity contribution < 1.29 is 17.9 Å². The molecule has 0 aliphatic rings. The molecule has 2 aromatic rings. The number of rotatable bonds is 4. The maximum atomic E-state index is 12.8. The molecule has 0 spiro atoms. The highest BCUT2D eigenvalue weighted by Gasteiger charge is 2.32. The van der Waals surface area contributed by atoms with Crippen LogP contribution in [0.15, 0.2) is 42.5 Å². The minimum absolute atomic E-state index is 0.220. The zero-order valence-corrected chi connectivity index (χ0v) is 11.8. The zero-order valence-electron chi connectivity index (χ0n) is 11.8. The van der Waals surface area contributed by atoms with Crippen LogP contribution >= 0.6 is 0 Å². The first-order chi connectivity index (χ1) is 9.90. The molecule has 0 heterocycles. The van der Waals surface area contributed by atoms with Crippen molar-refractivity contribution in [3.05, 3.63) is 59.2 Å². The van der Waals surface area contributed by atoms with Crippen molar-refractivity contribution in [3.63, 3.8) is 0 Å². The lowest BCUT2D eigenvalue weighted by Crippen LogP contribution is -2.09. The van der Waals surface area contributed by atoms with Crippen LogP contribution in [0.2, 0.25) is 0 Å². The molecule has 1 N–H and O–H groups in total. The molecule has 112 valence electrons. The van der Waals surface area contributed by atoms with Gasteiger partial charge >= 0.3 is 6.18 Å². The minimum Gasteiger partial charge on any atom is -0.497 e. The third-order valence-corrected chi connectivity index (χ3v) is 3.20. The van der Waals surface area contributed by atoms with E-state index in [0.717, 1.165) is 17.4 Å². The quantitative estimate of drug-likeness (QED) is 0.887. The number of ether oxygens (including phenoxy) is 1. The van der Waals surface area contributed by atoms with Crippen molar-refractivity contribution in [2.45, 2.75) is 19.6 Å². The molecule has 0 fully saturated rings. The first kappa shape index (κ1) is 15.2. The fourth-order valence-electron chi connectivity index (χ4n) is 1.98. The third-order valence-electron chi connectivity index (χ3n) is 3.20. The van der Waals surface area contributed by atoms with Crippen molar-refractivity contribution in [1.29, 1.82) is 0 Å². The molecular formula is C16H16F3NO. The summed E-state index contributed by atoms with van der Waals surface area (Å²) in [5.74, 6) is 0.744. The fraction of sp³-hybridized carbons (Fsp3) is 0.250. The van der Waals surface area contributed by atoms with E-state index in [0.29, 0.717) is 12.2 Å². The van der Waals surface area contributed by atoms with Crippen molar-refractivity contribution in [2.24, 2.45) is 0 Å². The molecule has 5 heteroatoms. The average Bonchev–Trinajstić information content (AvgIpc) is 2.45. The van der Waals surface area contributed by atoms with E-state index in [9.17, 15) is 13.2 Å². The van der Waals surface area contributed by atoms with E-state index in [1.807, 2.05) is 24.3 Å². The molecule has 0 aliphatic carbocycles. The van der Waals surface area contributed by atoms with Crippen LogP contribution in [0.3, 0.4) is 0 Å².